The second-order valence-electron chi connectivity index (χ2n) is 5.68. The first kappa shape index (κ1) is 12.1. The first-order chi connectivity index (χ1) is 7.75. The highest BCUT2D eigenvalue weighted by Crippen LogP contribution is 2.30. The largest absolute Gasteiger partial charge is 0.304 e. The predicted octanol–water partition coefficient (Wildman–Crippen LogP) is 2.67. The summed E-state index contributed by atoms with van der Waals surface area (Å²) in [6, 6.07) is 0.764. The third-order valence-electron chi connectivity index (χ3n) is 4.10. The first-order valence-electron chi connectivity index (χ1n) is 6.88. The van der Waals surface area contributed by atoms with Crippen molar-refractivity contribution in [1.29, 1.82) is 0 Å². The van der Waals surface area contributed by atoms with E-state index in [1.807, 2.05) is 0 Å². The van der Waals surface area contributed by atoms with E-state index in [4.69, 9.17) is 0 Å². The normalized spacial score (nSPS) is 31.6. The third kappa shape index (κ3) is 3.33. The Morgan fingerprint density at radius 2 is 2.25 bits per heavy atom. The third-order valence-corrected chi connectivity index (χ3v) is 4.10. The van der Waals surface area contributed by atoms with Crippen LogP contribution in [0.15, 0.2) is 11.6 Å². The average Bonchev–Trinajstić information content (AvgIpc) is 2.31. The van der Waals surface area contributed by atoms with Crippen molar-refractivity contribution in [3.63, 3.8) is 0 Å². The molecular formula is C14H26N2. The zero-order valence-electron chi connectivity index (χ0n) is 10.8. The van der Waals surface area contributed by atoms with E-state index in [-0.39, 0.29) is 0 Å². The van der Waals surface area contributed by atoms with Gasteiger partial charge in [0.1, 0.15) is 0 Å². The summed E-state index contributed by atoms with van der Waals surface area (Å²) in [5.41, 5.74) is 1.69. The lowest BCUT2D eigenvalue weighted by Crippen LogP contribution is -2.45. The van der Waals surface area contributed by atoms with Crippen LogP contribution in [0.2, 0.25) is 0 Å². The molecule has 2 atom stereocenters. The van der Waals surface area contributed by atoms with E-state index < -0.39 is 0 Å². The van der Waals surface area contributed by atoms with Gasteiger partial charge in [0.2, 0.25) is 0 Å². The minimum Gasteiger partial charge on any atom is -0.304 e. The van der Waals surface area contributed by atoms with E-state index in [1.54, 1.807) is 5.57 Å². The van der Waals surface area contributed by atoms with Crippen LogP contribution >= 0.6 is 0 Å². The first-order valence-corrected chi connectivity index (χ1v) is 6.88. The molecule has 1 aliphatic carbocycles. The van der Waals surface area contributed by atoms with E-state index in [0.717, 1.165) is 24.5 Å². The zero-order valence-corrected chi connectivity index (χ0v) is 10.8. The fourth-order valence-corrected chi connectivity index (χ4v) is 2.93. The maximum absolute atomic E-state index is 3.57. The van der Waals surface area contributed by atoms with Gasteiger partial charge in [-0.05, 0) is 50.5 Å². The lowest BCUT2D eigenvalue weighted by atomic mass is 9.81. The summed E-state index contributed by atoms with van der Waals surface area (Å²) >= 11 is 0. The van der Waals surface area contributed by atoms with Gasteiger partial charge in [-0.1, -0.05) is 25.5 Å². The second-order valence-corrected chi connectivity index (χ2v) is 5.68. The standard InChI is InChI=1S/C14H26N2/c1-11(2)13-5-3-12(4-6-13)9-14-7-8-15-10-16-14/h5,11-12,14-16H,3-4,6-10H2,1-2H3/t12-,14-/m0/s1. The van der Waals surface area contributed by atoms with Crippen LogP contribution in [0.1, 0.15) is 46.0 Å². The summed E-state index contributed by atoms with van der Waals surface area (Å²) < 4.78 is 0. The highest BCUT2D eigenvalue weighted by atomic mass is 15.1. The van der Waals surface area contributed by atoms with Crippen LogP contribution in [0.3, 0.4) is 0 Å². The summed E-state index contributed by atoms with van der Waals surface area (Å²) in [5.74, 6) is 1.69. The van der Waals surface area contributed by atoms with Crippen LogP contribution in [0, 0.1) is 11.8 Å². The molecule has 92 valence electrons. The Morgan fingerprint density at radius 1 is 1.38 bits per heavy atom. The summed E-state index contributed by atoms with van der Waals surface area (Å²) in [6.07, 6.45) is 9.27. The predicted molar refractivity (Wildman–Crippen MR) is 69.3 cm³/mol. The van der Waals surface area contributed by atoms with Crippen molar-refractivity contribution in [3.8, 4) is 0 Å². The van der Waals surface area contributed by atoms with Crippen LogP contribution in [0.5, 0.6) is 0 Å². The molecule has 1 heterocycles. The molecule has 2 rings (SSSR count). The van der Waals surface area contributed by atoms with Gasteiger partial charge >= 0.3 is 0 Å². The van der Waals surface area contributed by atoms with Crippen molar-refractivity contribution < 1.29 is 0 Å². The Kier molecular flexibility index (Phi) is 4.42. The minimum atomic E-state index is 0.762. The molecule has 1 saturated heterocycles. The molecule has 1 fully saturated rings. The van der Waals surface area contributed by atoms with Crippen molar-refractivity contribution in [1.82, 2.24) is 10.6 Å². The van der Waals surface area contributed by atoms with Gasteiger partial charge in [0.25, 0.3) is 0 Å². The quantitative estimate of drug-likeness (QED) is 0.717. The highest BCUT2D eigenvalue weighted by molar-refractivity contribution is 5.08. The molecule has 0 aromatic rings. The van der Waals surface area contributed by atoms with E-state index in [0.29, 0.717) is 0 Å². The van der Waals surface area contributed by atoms with Crippen LogP contribution in [-0.4, -0.2) is 19.3 Å². The van der Waals surface area contributed by atoms with E-state index >= 15 is 0 Å². The summed E-state index contributed by atoms with van der Waals surface area (Å²) in [6.45, 7) is 6.84. The molecule has 0 amide bonds. The second kappa shape index (κ2) is 5.83. The number of allylic oxidation sites excluding steroid dienone is 2. The molecule has 0 aromatic carbocycles. The van der Waals surface area contributed by atoms with Gasteiger partial charge in [0, 0.05) is 12.7 Å². The van der Waals surface area contributed by atoms with E-state index in [1.165, 1.54) is 38.6 Å². The number of nitrogens with one attached hydrogen (secondary N) is 2. The maximum atomic E-state index is 3.57. The van der Waals surface area contributed by atoms with E-state index in [9.17, 15) is 0 Å². The van der Waals surface area contributed by atoms with Crippen molar-refractivity contribution in [2.24, 2.45) is 11.8 Å². The lowest BCUT2D eigenvalue weighted by molar-refractivity contribution is 0.305. The number of hydrogen-bond acceptors (Lipinski definition) is 2. The monoisotopic (exact) mass is 222 g/mol. The maximum Gasteiger partial charge on any atom is 0.0456 e. The SMILES string of the molecule is CC(C)C1=CC[C@H](C[C@@H]2CCNCN2)CC1. The van der Waals surface area contributed by atoms with Gasteiger partial charge in [0.05, 0.1) is 0 Å². The van der Waals surface area contributed by atoms with Gasteiger partial charge in [-0.25, -0.2) is 0 Å². The van der Waals surface area contributed by atoms with Crippen LogP contribution < -0.4 is 10.6 Å². The molecule has 2 nitrogen and oxygen atoms in total. The Bertz CT molecular complexity index is 239. The minimum absolute atomic E-state index is 0.762. The van der Waals surface area contributed by atoms with Gasteiger partial charge in [0.15, 0.2) is 0 Å². The fourth-order valence-electron chi connectivity index (χ4n) is 2.93. The molecule has 0 saturated carbocycles. The molecule has 0 unspecified atom stereocenters. The Morgan fingerprint density at radius 3 is 2.81 bits per heavy atom. The molecule has 2 N–H and O–H groups in total. The smallest absolute Gasteiger partial charge is 0.0456 e. The summed E-state index contributed by atoms with van der Waals surface area (Å²) in [4.78, 5) is 0. The highest BCUT2D eigenvalue weighted by Gasteiger charge is 2.21. The Labute approximate surface area is 99.9 Å². The molecular weight excluding hydrogens is 196 g/mol. The fraction of sp³-hybridized carbons (Fsp3) is 0.857. The molecule has 0 bridgehead atoms. The summed E-state index contributed by atoms with van der Waals surface area (Å²) in [7, 11) is 0. The summed E-state index contributed by atoms with van der Waals surface area (Å²) in [5, 5.41) is 6.92. The lowest BCUT2D eigenvalue weighted by Gasteiger charge is -2.30. The Balaban J connectivity index is 1.76. The zero-order chi connectivity index (χ0) is 11.4. The molecule has 1 aliphatic heterocycles. The van der Waals surface area contributed by atoms with Crippen molar-refractivity contribution in [3.05, 3.63) is 11.6 Å². The number of rotatable bonds is 3. The Hall–Kier alpha value is -0.340. The topological polar surface area (TPSA) is 24.1 Å². The number of hydrogen-bond donors (Lipinski definition) is 2. The molecule has 2 heteroatoms. The van der Waals surface area contributed by atoms with Crippen LogP contribution in [-0.2, 0) is 0 Å². The average molecular weight is 222 g/mol. The molecule has 2 aliphatic rings. The van der Waals surface area contributed by atoms with Crippen molar-refractivity contribution in [2.75, 3.05) is 13.2 Å². The molecule has 0 radical (unpaired) electrons. The van der Waals surface area contributed by atoms with Crippen molar-refractivity contribution in [2.45, 2.75) is 52.0 Å². The molecule has 0 spiro atoms. The van der Waals surface area contributed by atoms with Gasteiger partial charge in [-0.3, -0.25) is 0 Å². The van der Waals surface area contributed by atoms with Crippen LogP contribution in [0.4, 0.5) is 0 Å². The van der Waals surface area contributed by atoms with Crippen molar-refractivity contribution >= 4 is 0 Å². The van der Waals surface area contributed by atoms with E-state index in [2.05, 4.69) is 30.6 Å². The molecule has 16 heavy (non-hydrogen) atoms. The molecule has 0 aromatic heterocycles. The van der Waals surface area contributed by atoms with Gasteiger partial charge in [-0.15, -0.1) is 0 Å². The van der Waals surface area contributed by atoms with Crippen LogP contribution in [0.25, 0.3) is 0 Å². The van der Waals surface area contributed by atoms with Gasteiger partial charge < -0.3 is 10.6 Å². The van der Waals surface area contributed by atoms with Gasteiger partial charge in [-0.2, -0.15) is 0 Å².